The molecule has 3 aromatic rings. The summed E-state index contributed by atoms with van der Waals surface area (Å²) in [6.07, 6.45) is 0. The summed E-state index contributed by atoms with van der Waals surface area (Å²) < 4.78 is 53.5. The number of anilines is 2. The predicted octanol–water partition coefficient (Wildman–Crippen LogP) is 4.35. The Morgan fingerprint density at radius 1 is 0.931 bits per heavy atom. The highest BCUT2D eigenvalue weighted by molar-refractivity contribution is 7.92. The van der Waals surface area contributed by atoms with Crippen LogP contribution in [0.15, 0.2) is 71.6 Å². The molecule has 1 N–H and O–H groups in total. The monoisotopic (exact) mass is 416 g/mol. The minimum Gasteiger partial charge on any atom is -0.319 e. The van der Waals surface area contributed by atoms with Crippen LogP contribution in [0.2, 0.25) is 0 Å². The Balaban J connectivity index is 1.79. The predicted molar refractivity (Wildman–Crippen MR) is 108 cm³/mol. The molecule has 3 aromatic carbocycles. The van der Waals surface area contributed by atoms with Crippen molar-refractivity contribution in [2.75, 3.05) is 16.7 Å². The molecule has 0 atom stereocenters. The topological polar surface area (TPSA) is 66.5 Å². The molecule has 5 nitrogen and oxygen atoms in total. The fourth-order valence-electron chi connectivity index (χ4n) is 2.62. The van der Waals surface area contributed by atoms with Gasteiger partial charge in [0.2, 0.25) is 0 Å². The maximum Gasteiger partial charge on any atom is 0.264 e. The summed E-state index contributed by atoms with van der Waals surface area (Å²) in [7, 11) is -2.35. The number of sulfonamides is 1. The molecule has 150 valence electrons. The van der Waals surface area contributed by atoms with E-state index in [0.717, 1.165) is 15.9 Å². The van der Waals surface area contributed by atoms with Gasteiger partial charge in [-0.1, -0.05) is 23.8 Å². The Morgan fingerprint density at radius 3 is 2.17 bits per heavy atom. The van der Waals surface area contributed by atoms with Gasteiger partial charge in [0, 0.05) is 12.6 Å². The fraction of sp³-hybridized carbons (Fsp3) is 0.0952. The first-order valence-corrected chi connectivity index (χ1v) is 10.0. The van der Waals surface area contributed by atoms with E-state index in [1.54, 1.807) is 12.1 Å². The highest BCUT2D eigenvalue weighted by Crippen LogP contribution is 2.23. The van der Waals surface area contributed by atoms with E-state index in [9.17, 15) is 22.0 Å². The van der Waals surface area contributed by atoms with Gasteiger partial charge in [0.1, 0.15) is 0 Å². The van der Waals surface area contributed by atoms with Crippen molar-refractivity contribution in [3.8, 4) is 0 Å². The van der Waals surface area contributed by atoms with Crippen LogP contribution in [-0.2, 0) is 10.0 Å². The Bertz CT molecular complexity index is 1150. The van der Waals surface area contributed by atoms with Crippen LogP contribution >= 0.6 is 0 Å². The number of hydrogen-bond acceptors (Lipinski definition) is 3. The van der Waals surface area contributed by atoms with Gasteiger partial charge in [-0.25, -0.2) is 17.2 Å². The second kappa shape index (κ2) is 8.00. The van der Waals surface area contributed by atoms with Crippen LogP contribution < -0.4 is 9.62 Å². The maximum atomic E-state index is 13.7. The first-order chi connectivity index (χ1) is 13.7. The SMILES string of the molecule is Cc1ccc(S(=O)(=O)N(C)c2ccc(C(=O)Nc3cccc(F)c3F)cc2)cc1. The van der Waals surface area contributed by atoms with Crippen molar-refractivity contribution in [3.63, 3.8) is 0 Å². The van der Waals surface area contributed by atoms with Crippen molar-refractivity contribution in [3.05, 3.63) is 89.5 Å². The number of amides is 1. The van der Waals surface area contributed by atoms with E-state index in [1.807, 2.05) is 6.92 Å². The number of aryl methyl sites for hydroxylation is 1. The number of hydrogen-bond donors (Lipinski definition) is 1. The second-order valence-corrected chi connectivity index (χ2v) is 8.36. The highest BCUT2D eigenvalue weighted by atomic mass is 32.2. The summed E-state index contributed by atoms with van der Waals surface area (Å²) in [4.78, 5) is 12.4. The van der Waals surface area contributed by atoms with Crippen molar-refractivity contribution < 1.29 is 22.0 Å². The molecule has 0 unspecified atom stereocenters. The number of carbonyl (C=O) groups is 1. The van der Waals surface area contributed by atoms with E-state index in [2.05, 4.69) is 5.32 Å². The lowest BCUT2D eigenvalue weighted by Gasteiger charge is -2.20. The van der Waals surface area contributed by atoms with Gasteiger partial charge in [-0.3, -0.25) is 9.10 Å². The van der Waals surface area contributed by atoms with E-state index < -0.39 is 27.6 Å². The number of benzene rings is 3. The fourth-order valence-corrected chi connectivity index (χ4v) is 3.82. The zero-order valence-corrected chi connectivity index (χ0v) is 16.5. The van der Waals surface area contributed by atoms with Gasteiger partial charge in [-0.05, 0) is 55.5 Å². The van der Waals surface area contributed by atoms with Crippen molar-refractivity contribution in [1.82, 2.24) is 0 Å². The third-order valence-corrected chi connectivity index (χ3v) is 6.17. The standard InChI is InChI=1S/C21H18F2N2O3S/c1-14-6-12-17(13-7-14)29(27,28)25(2)16-10-8-15(9-11-16)21(26)24-19-5-3-4-18(22)20(19)23/h3-13H,1-2H3,(H,24,26). The summed E-state index contributed by atoms with van der Waals surface area (Å²) in [6.45, 7) is 1.86. The molecule has 0 aromatic heterocycles. The summed E-state index contributed by atoms with van der Waals surface area (Å²) in [5.41, 5.74) is 1.17. The van der Waals surface area contributed by atoms with Gasteiger partial charge in [0.05, 0.1) is 16.3 Å². The number of halogens is 2. The summed E-state index contributed by atoms with van der Waals surface area (Å²) in [5, 5.41) is 2.29. The average molecular weight is 416 g/mol. The molecule has 0 saturated carbocycles. The molecule has 8 heteroatoms. The zero-order chi connectivity index (χ0) is 21.2. The molecule has 0 aliphatic rings. The molecule has 29 heavy (non-hydrogen) atoms. The molecule has 1 amide bonds. The van der Waals surface area contributed by atoms with Crippen LogP contribution in [0.5, 0.6) is 0 Å². The largest absolute Gasteiger partial charge is 0.319 e. The van der Waals surface area contributed by atoms with Crippen LogP contribution in [0.4, 0.5) is 20.2 Å². The molecule has 0 aliphatic heterocycles. The third-order valence-electron chi connectivity index (χ3n) is 4.37. The van der Waals surface area contributed by atoms with Gasteiger partial charge in [0.25, 0.3) is 15.9 Å². The lowest BCUT2D eigenvalue weighted by atomic mass is 10.2. The molecule has 0 radical (unpaired) electrons. The van der Waals surface area contributed by atoms with Crippen LogP contribution in [0, 0.1) is 18.6 Å². The quantitative estimate of drug-likeness (QED) is 0.672. The summed E-state index contributed by atoms with van der Waals surface area (Å²) >= 11 is 0. The minimum absolute atomic E-state index is 0.147. The first-order valence-electron chi connectivity index (χ1n) is 8.61. The third kappa shape index (κ3) is 4.27. The van der Waals surface area contributed by atoms with E-state index in [4.69, 9.17) is 0 Å². The average Bonchev–Trinajstić information content (AvgIpc) is 2.71. The first kappa shape index (κ1) is 20.5. The molecular weight excluding hydrogens is 398 g/mol. The van der Waals surface area contributed by atoms with Gasteiger partial charge in [-0.15, -0.1) is 0 Å². The number of nitrogens with one attached hydrogen (secondary N) is 1. The van der Waals surface area contributed by atoms with Crippen molar-refractivity contribution in [1.29, 1.82) is 0 Å². The molecule has 0 fully saturated rings. The zero-order valence-electron chi connectivity index (χ0n) is 15.7. The van der Waals surface area contributed by atoms with Crippen LogP contribution in [-0.4, -0.2) is 21.4 Å². The van der Waals surface area contributed by atoms with E-state index >= 15 is 0 Å². The Kier molecular flexibility index (Phi) is 5.65. The van der Waals surface area contributed by atoms with E-state index in [0.29, 0.717) is 5.69 Å². The van der Waals surface area contributed by atoms with Crippen LogP contribution in [0.25, 0.3) is 0 Å². The molecule has 0 spiro atoms. The van der Waals surface area contributed by atoms with Crippen molar-refractivity contribution >= 4 is 27.3 Å². The summed E-state index contributed by atoms with van der Waals surface area (Å²) in [5.74, 6) is -2.87. The molecular formula is C21H18F2N2O3S. The number of rotatable bonds is 5. The minimum atomic E-state index is -3.76. The van der Waals surface area contributed by atoms with Gasteiger partial charge >= 0.3 is 0 Å². The summed E-state index contributed by atoms with van der Waals surface area (Å²) in [6, 6.07) is 15.7. The lowest BCUT2D eigenvalue weighted by Crippen LogP contribution is -2.26. The van der Waals surface area contributed by atoms with Crippen LogP contribution in [0.3, 0.4) is 0 Å². The van der Waals surface area contributed by atoms with E-state index in [1.165, 1.54) is 55.6 Å². The normalized spacial score (nSPS) is 11.2. The maximum absolute atomic E-state index is 13.7. The van der Waals surface area contributed by atoms with Gasteiger partial charge in [0.15, 0.2) is 11.6 Å². The Morgan fingerprint density at radius 2 is 1.55 bits per heavy atom. The Labute approximate surface area is 167 Å². The Hall–Kier alpha value is -3.26. The van der Waals surface area contributed by atoms with Gasteiger partial charge in [-0.2, -0.15) is 0 Å². The molecule has 0 saturated heterocycles. The highest BCUT2D eigenvalue weighted by Gasteiger charge is 2.21. The smallest absolute Gasteiger partial charge is 0.264 e. The molecule has 0 aliphatic carbocycles. The lowest BCUT2D eigenvalue weighted by molar-refractivity contribution is 0.102. The molecule has 0 bridgehead atoms. The second-order valence-electron chi connectivity index (χ2n) is 6.39. The molecule has 3 rings (SSSR count). The van der Waals surface area contributed by atoms with Crippen LogP contribution in [0.1, 0.15) is 15.9 Å². The van der Waals surface area contributed by atoms with Crippen molar-refractivity contribution in [2.24, 2.45) is 0 Å². The van der Waals surface area contributed by atoms with Gasteiger partial charge < -0.3 is 5.32 Å². The van der Waals surface area contributed by atoms with Crippen molar-refractivity contribution in [2.45, 2.75) is 11.8 Å². The molecule has 0 heterocycles. The van der Waals surface area contributed by atoms with E-state index in [-0.39, 0.29) is 16.1 Å². The number of nitrogens with zero attached hydrogens (tertiary/aromatic N) is 1. The number of carbonyl (C=O) groups excluding carboxylic acids is 1.